The molecular weight excluding hydrogens is 258 g/mol. The fourth-order valence-corrected chi connectivity index (χ4v) is 2.23. The molecule has 1 rings (SSSR count). The SMILES string of the molecule is CCC(N)(CC)n1ncc(=O)n(C(N)(CC)CC)c1=O. The molecule has 0 amide bonds. The molecule has 0 saturated carbocycles. The molecule has 7 nitrogen and oxygen atoms in total. The van der Waals surface area contributed by atoms with Crippen LogP contribution in [-0.4, -0.2) is 14.3 Å². The number of hydrogen-bond donors (Lipinski definition) is 2. The summed E-state index contributed by atoms with van der Waals surface area (Å²) in [7, 11) is 0. The maximum atomic E-state index is 12.6. The second-order valence-corrected chi connectivity index (χ2v) is 5.13. The van der Waals surface area contributed by atoms with Crippen molar-refractivity contribution in [1.82, 2.24) is 14.3 Å². The highest BCUT2D eigenvalue weighted by Crippen LogP contribution is 2.16. The first kappa shape index (κ1) is 16.6. The summed E-state index contributed by atoms with van der Waals surface area (Å²) in [4.78, 5) is 24.6. The van der Waals surface area contributed by atoms with Gasteiger partial charge in [0.05, 0.1) is 0 Å². The first-order chi connectivity index (χ1) is 9.29. The van der Waals surface area contributed by atoms with Crippen LogP contribution in [0.5, 0.6) is 0 Å². The van der Waals surface area contributed by atoms with Gasteiger partial charge >= 0.3 is 5.69 Å². The van der Waals surface area contributed by atoms with Gasteiger partial charge in [0, 0.05) is 0 Å². The molecule has 0 aliphatic carbocycles. The van der Waals surface area contributed by atoms with E-state index in [1.807, 2.05) is 27.7 Å². The Balaban J connectivity index is 3.66. The summed E-state index contributed by atoms with van der Waals surface area (Å²) in [6.45, 7) is 7.44. The zero-order valence-corrected chi connectivity index (χ0v) is 12.7. The fraction of sp³-hybridized carbons (Fsp3) is 0.769. The van der Waals surface area contributed by atoms with Gasteiger partial charge in [0.2, 0.25) is 0 Å². The molecule has 0 saturated heterocycles. The summed E-state index contributed by atoms with van der Waals surface area (Å²) in [6, 6.07) is 0. The van der Waals surface area contributed by atoms with Gasteiger partial charge in [-0.25, -0.2) is 9.36 Å². The second-order valence-electron chi connectivity index (χ2n) is 5.13. The zero-order valence-electron chi connectivity index (χ0n) is 12.7. The van der Waals surface area contributed by atoms with Gasteiger partial charge < -0.3 is 11.5 Å². The minimum atomic E-state index is -1.01. The van der Waals surface area contributed by atoms with Crippen molar-refractivity contribution in [2.24, 2.45) is 11.5 Å². The molecule has 1 heterocycles. The predicted molar refractivity (Wildman–Crippen MR) is 78.2 cm³/mol. The van der Waals surface area contributed by atoms with Gasteiger partial charge in [0.15, 0.2) is 0 Å². The van der Waals surface area contributed by atoms with Crippen LogP contribution in [0.25, 0.3) is 0 Å². The summed E-state index contributed by atoms with van der Waals surface area (Å²) in [6.07, 6.45) is 3.12. The van der Waals surface area contributed by atoms with E-state index < -0.39 is 22.6 Å². The van der Waals surface area contributed by atoms with Crippen molar-refractivity contribution in [2.45, 2.75) is 64.7 Å². The Hall–Kier alpha value is -1.47. The molecule has 20 heavy (non-hydrogen) atoms. The Morgan fingerprint density at radius 3 is 1.85 bits per heavy atom. The molecule has 0 spiro atoms. The predicted octanol–water partition coefficient (Wildman–Crippen LogP) is 0.268. The van der Waals surface area contributed by atoms with E-state index in [2.05, 4.69) is 5.10 Å². The molecule has 114 valence electrons. The molecule has 4 N–H and O–H groups in total. The van der Waals surface area contributed by atoms with Crippen LogP contribution in [0.1, 0.15) is 53.4 Å². The molecule has 0 atom stereocenters. The third-order valence-corrected chi connectivity index (χ3v) is 4.19. The first-order valence-electron chi connectivity index (χ1n) is 7.09. The molecule has 0 unspecified atom stereocenters. The Morgan fingerprint density at radius 1 is 1.00 bits per heavy atom. The Morgan fingerprint density at radius 2 is 1.45 bits per heavy atom. The van der Waals surface area contributed by atoms with E-state index in [1.165, 1.54) is 4.68 Å². The maximum absolute atomic E-state index is 12.6. The highest BCUT2D eigenvalue weighted by atomic mass is 16.2. The molecule has 0 bridgehead atoms. The van der Waals surface area contributed by atoms with Crippen molar-refractivity contribution in [3.8, 4) is 0 Å². The van der Waals surface area contributed by atoms with Crippen molar-refractivity contribution in [2.75, 3.05) is 0 Å². The van der Waals surface area contributed by atoms with Gasteiger partial charge in [-0.15, -0.1) is 0 Å². The minimum Gasteiger partial charge on any atom is -0.308 e. The highest BCUT2D eigenvalue weighted by molar-refractivity contribution is 4.90. The second kappa shape index (κ2) is 5.88. The number of hydrogen-bond acceptors (Lipinski definition) is 5. The lowest BCUT2D eigenvalue weighted by molar-refractivity contribution is 0.188. The van der Waals surface area contributed by atoms with Crippen molar-refractivity contribution < 1.29 is 0 Å². The van der Waals surface area contributed by atoms with Crippen LogP contribution in [0, 0.1) is 0 Å². The van der Waals surface area contributed by atoms with Gasteiger partial charge in [-0.3, -0.25) is 4.79 Å². The summed E-state index contributed by atoms with van der Waals surface area (Å²) in [5.41, 5.74) is 9.44. The molecule has 0 fully saturated rings. The number of nitrogens with zero attached hydrogens (tertiary/aromatic N) is 3. The van der Waals surface area contributed by atoms with Crippen molar-refractivity contribution in [3.63, 3.8) is 0 Å². The monoisotopic (exact) mass is 283 g/mol. The molecule has 0 radical (unpaired) electrons. The van der Waals surface area contributed by atoms with Gasteiger partial charge in [-0.05, 0) is 25.7 Å². The largest absolute Gasteiger partial charge is 0.350 e. The van der Waals surface area contributed by atoms with E-state index in [9.17, 15) is 9.59 Å². The van der Waals surface area contributed by atoms with E-state index in [1.54, 1.807) is 0 Å². The number of rotatable bonds is 6. The Kier molecular flexibility index (Phi) is 4.88. The van der Waals surface area contributed by atoms with Crippen molar-refractivity contribution >= 4 is 0 Å². The van der Waals surface area contributed by atoms with Gasteiger partial charge in [0.25, 0.3) is 5.56 Å². The quantitative estimate of drug-likeness (QED) is 0.778. The number of nitrogens with two attached hydrogens (primary N) is 2. The first-order valence-corrected chi connectivity index (χ1v) is 7.09. The van der Waals surface area contributed by atoms with Gasteiger partial charge in [0.1, 0.15) is 17.5 Å². The molecular formula is C13H25N5O2. The van der Waals surface area contributed by atoms with Gasteiger partial charge in [-0.1, -0.05) is 27.7 Å². The van der Waals surface area contributed by atoms with Gasteiger partial charge in [-0.2, -0.15) is 9.78 Å². The van der Waals surface area contributed by atoms with E-state index in [0.29, 0.717) is 25.7 Å². The lowest BCUT2D eigenvalue weighted by atomic mass is 10.0. The molecule has 0 aliphatic heterocycles. The van der Waals surface area contributed by atoms with Crippen molar-refractivity contribution in [3.05, 3.63) is 27.0 Å². The minimum absolute atomic E-state index is 0.471. The van der Waals surface area contributed by atoms with E-state index in [4.69, 9.17) is 11.5 Å². The lowest BCUT2D eigenvalue weighted by Crippen LogP contribution is -2.60. The van der Waals surface area contributed by atoms with Crippen LogP contribution in [0.15, 0.2) is 15.8 Å². The standard InChI is InChI=1S/C13H25N5O2/c1-5-12(14,6-2)17-10(19)9-16-18(11(17)20)13(15,7-3)8-4/h9H,5-8,14-15H2,1-4H3. The number of aromatic nitrogens is 3. The molecule has 0 aliphatic rings. The molecule has 0 aromatic carbocycles. The van der Waals surface area contributed by atoms with Crippen LogP contribution in [0.3, 0.4) is 0 Å². The summed E-state index contributed by atoms with van der Waals surface area (Å²) < 4.78 is 2.26. The van der Waals surface area contributed by atoms with Crippen LogP contribution >= 0.6 is 0 Å². The zero-order chi connectivity index (χ0) is 15.6. The average Bonchev–Trinajstić information content (AvgIpc) is 2.46. The average molecular weight is 283 g/mol. The Bertz CT molecular complexity index is 567. The van der Waals surface area contributed by atoms with E-state index in [0.717, 1.165) is 10.8 Å². The van der Waals surface area contributed by atoms with Crippen LogP contribution < -0.4 is 22.7 Å². The molecule has 1 aromatic heterocycles. The topological polar surface area (TPSA) is 109 Å². The van der Waals surface area contributed by atoms with E-state index >= 15 is 0 Å². The molecule has 1 aromatic rings. The highest BCUT2D eigenvalue weighted by Gasteiger charge is 2.32. The third kappa shape index (κ3) is 2.55. The van der Waals surface area contributed by atoms with Crippen LogP contribution in [-0.2, 0) is 11.3 Å². The lowest BCUT2D eigenvalue weighted by Gasteiger charge is -2.32. The maximum Gasteiger partial charge on any atom is 0.350 e. The van der Waals surface area contributed by atoms with Crippen LogP contribution in [0.2, 0.25) is 0 Å². The summed E-state index contributed by atoms with van der Waals surface area (Å²) in [5, 5.41) is 3.92. The summed E-state index contributed by atoms with van der Waals surface area (Å²) in [5.74, 6) is 0. The van der Waals surface area contributed by atoms with E-state index in [-0.39, 0.29) is 0 Å². The smallest absolute Gasteiger partial charge is 0.308 e. The Labute approximate surface area is 118 Å². The normalized spacial score (nSPS) is 12.7. The van der Waals surface area contributed by atoms with Crippen LogP contribution in [0.4, 0.5) is 0 Å². The summed E-state index contributed by atoms with van der Waals surface area (Å²) >= 11 is 0. The fourth-order valence-electron chi connectivity index (χ4n) is 2.23. The van der Waals surface area contributed by atoms with Crippen molar-refractivity contribution in [1.29, 1.82) is 0 Å². The molecule has 7 heteroatoms. The third-order valence-electron chi connectivity index (χ3n) is 4.19.